The molecule has 0 spiro atoms. The number of methoxy groups -OCH3 is 1. The minimum Gasteiger partial charge on any atom is -0.494 e. The molecular formula is C74H103F4N15O23S. The number of ether oxygens (including phenoxy) is 14. The quantitative estimate of drug-likeness (QED) is 0.00415. The number of fused-ring (bicyclic) bond motifs is 2. The maximum absolute atomic E-state index is 14.0. The van der Waals surface area contributed by atoms with Crippen LogP contribution in [-0.4, -0.2) is 298 Å². The summed E-state index contributed by atoms with van der Waals surface area (Å²) in [7, 11) is -4.22. The Morgan fingerprint density at radius 1 is 0.590 bits per heavy atom. The van der Waals surface area contributed by atoms with Crippen molar-refractivity contribution in [2.24, 2.45) is 22.2 Å². The van der Waals surface area contributed by atoms with Crippen molar-refractivity contribution in [3.05, 3.63) is 100 Å². The number of aromatic nitrogens is 6. The first-order chi connectivity index (χ1) is 56.3. The number of piperazine rings is 1. The summed E-state index contributed by atoms with van der Waals surface area (Å²) in [6, 6.07) is 7.74. The number of imidazole rings is 2. The van der Waals surface area contributed by atoms with Crippen molar-refractivity contribution in [3.63, 3.8) is 0 Å². The molecular weight excluding hydrogens is 1570 g/mol. The predicted molar refractivity (Wildman–Crippen MR) is 414 cm³/mol. The van der Waals surface area contributed by atoms with Crippen LogP contribution in [0.5, 0.6) is 17.2 Å². The summed E-state index contributed by atoms with van der Waals surface area (Å²) in [6.07, 6.45) is 4.55. The molecule has 117 heavy (non-hydrogen) atoms. The number of benzene rings is 3. The first-order valence-corrected chi connectivity index (χ1v) is 39.1. The molecule has 38 nitrogen and oxygen atoms in total. The van der Waals surface area contributed by atoms with Gasteiger partial charge in [-0.15, -0.1) is 0 Å². The number of alkyl carbamates (subject to hydrolysis) is 1. The second-order valence-electron chi connectivity index (χ2n) is 25.5. The van der Waals surface area contributed by atoms with Gasteiger partial charge in [0.1, 0.15) is 40.5 Å². The molecule has 0 saturated carbocycles. The molecule has 1 aliphatic heterocycles. The standard InChI is InChI=1S/C74H103F4N15O23S/c1-6-82-55(43-49(3)79)70(97)86-72-85-54-46-52(69(81)96)48-58(65(54)92(72)15-9-8-14-91-64-53(45-51(68(80)95)47-57(64)103-5)84-73(91)87-71(98)56-44-50(4)88-93(56)7-2)114-21-10-13-89-17-19-90(20-18-89)16-12-83-74(99)115-42-41-113-40-39-112-38-37-111-36-35-110-34-33-109-32-31-108-30-29-107-28-27-106-26-25-105-24-23-104-22-11-59(94)116-66-60(75)62(77)67(117(100,101)102)63(78)61(66)76/h8-9,43-48H,6-7,10-42,79H2,1-5H3,(H2,80,95)(H2,81,96)(H,83,99)(H,84,87,98)(H,85,86,97)(H,100,101,102)/b9-8+,49-43?,82-55?. The Labute approximate surface area is 672 Å². The summed E-state index contributed by atoms with van der Waals surface area (Å²) in [5, 5.41) is 13.0. The molecule has 4 heterocycles. The third kappa shape index (κ3) is 30.9. The lowest BCUT2D eigenvalue weighted by Gasteiger charge is -2.34. The van der Waals surface area contributed by atoms with Crippen LogP contribution in [0.4, 0.5) is 34.3 Å². The van der Waals surface area contributed by atoms with Gasteiger partial charge in [-0.3, -0.25) is 53.7 Å². The van der Waals surface area contributed by atoms with E-state index in [0.29, 0.717) is 170 Å². The number of primary amides is 2. The monoisotopic (exact) mass is 1680 g/mol. The van der Waals surface area contributed by atoms with E-state index >= 15 is 0 Å². The number of anilines is 2. The number of carbonyl (C=O) groups excluding carboxylic acids is 6. The van der Waals surface area contributed by atoms with Crippen LogP contribution in [0.15, 0.2) is 64.1 Å². The van der Waals surface area contributed by atoms with Crippen molar-refractivity contribution < 1.29 is 126 Å². The molecule has 1 saturated heterocycles. The average molecular weight is 1680 g/mol. The Kier molecular flexibility index (Phi) is 40.3. The highest BCUT2D eigenvalue weighted by molar-refractivity contribution is 7.85. The largest absolute Gasteiger partial charge is 0.494 e. The smallest absolute Gasteiger partial charge is 0.407 e. The Morgan fingerprint density at radius 2 is 1.03 bits per heavy atom. The maximum atomic E-state index is 14.0. The summed E-state index contributed by atoms with van der Waals surface area (Å²) in [5.41, 5.74) is 20.7. The van der Waals surface area contributed by atoms with Crippen molar-refractivity contribution in [3.8, 4) is 17.2 Å². The molecule has 43 heteroatoms. The summed E-state index contributed by atoms with van der Waals surface area (Å²) >= 11 is 0. The van der Waals surface area contributed by atoms with Crippen LogP contribution >= 0.6 is 0 Å². The fourth-order valence-corrected chi connectivity index (χ4v) is 12.0. The van der Waals surface area contributed by atoms with Crippen molar-refractivity contribution >= 4 is 85.5 Å². The summed E-state index contributed by atoms with van der Waals surface area (Å²) in [5.74, 6) is -14.4. The number of nitrogens with zero attached hydrogens (tertiary/aromatic N) is 9. The third-order valence-corrected chi connectivity index (χ3v) is 17.8. The minimum atomic E-state index is -5.66. The highest BCUT2D eigenvalue weighted by atomic mass is 32.2. The van der Waals surface area contributed by atoms with Gasteiger partial charge in [-0.2, -0.15) is 22.3 Å². The van der Waals surface area contributed by atoms with Crippen LogP contribution in [0.1, 0.15) is 70.5 Å². The van der Waals surface area contributed by atoms with Gasteiger partial charge in [0.2, 0.25) is 41.1 Å². The van der Waals surface area contributed by atoms with Gasteiger partial charge in [0, 0.05) is 88.8 Å². The van der Waals surface area contributed by atoms with Gasteiger partial charge in [-0.25, -0.2) is 23.5 Å². The summed E-state index contributed by atoms with van der Waals surface area (Å²) in [6.45, 7) is 18.5. The van der Waals surface area contributed by atoms with E-state index in [1.807, 2.05) is 19.1 Å². The van der Waals surface area contributed by atoms with Crippen molar-refractivity contribution in [2.75, 3.05) is 215 Å². The molecule has 1 fully saturated rings. The fraction of sp³-hybridized carbons (Fsp3) is 0.541. The van der Waals surface area contributed by atoms with Crippen molar-refractivity contribution in [1.82, 2.24) is 44.0 Å². The summed E-state index contributed by atoms with van der Waals surface area (Å²) in [4.78, 5) is 93.4. The average Bonchev–Trinajstić information content (AvgIpc) is 1.73. The number of nitrogens with two attached hydrogens (primary N) is 3. The number of rotatable bonds is 57. The maximum Gasteiger partial charge on any atom is 0.407 e. The number of aliphatic imine (C=N–C) groups is 1. The van der Waals surface area contributed by atoms with Crippen molar-refractivity contribution in [1.29, 1.82) is 0 Å². The minimum absolute atomic E-state index is 0.00499. The van der Waals surface area contributed by atoms with Gasteiger partial charge in [0.05, 0.1) is 169 Å². The van der Waals surface area contributed by atoms with Gasteiger partial charge in [0.15, 0.2) is 16.5 Å². The molecule has 0 bridgehead atoms. The predicted octanol–water partition coefficient (Wildman–Crippen LogP) is 3.97. The highest BCUT2D eigenvalue weighted by Crippen LogP contribution is 2.35. The number of carbonyl (C=O) groups is 6. The number of allylic oxidation sites excluding steroid dienone is 3. The van der Waals surface area contributed by atoms with Gasteiger partial charge in [-0.05, 0) is 70.5 Å². The molecule has 0 radical (unpaired) electrons. The molecule has 1 aliphatic rings. The van der Waals surface area contributed by atoms with E-state index in [-0.39, 0.29) is 107 Å². The Hall–Kier alpha value is -9.87. The molecule has 0 unspecified atom stereocenters. The van der Waals surface area contributed by atoms with E-state index in [1.54, 1.807) is 46.7 Å². The van der Waals surface area contributed by atoms with Crippen LogP contribution in [-0.2, 0) is 91.4 Å². The van der Waals surface area contributed by atoms with E-state index in [9.17, 15) is 54.7 Å². The number of esters is 1. The molecule has 3 aromatic heterocycles. The molecule has 6 aromatic rings. The second-order valence-corrected chi connectivity index (χ2v) is 26.9. The van der Waals surface area contributed by atoms with Crippen LogP contribution < -0.4 is 47.4 Å². The van der Waals surface area contributed by atoms with Gasteiger partial charge in [-0.1, -0.05) is 12.2 Å². The third-order valence-electron chi connectivity index (χ3n) is 16.9. The number of nitrogens with one attached hydrogen (secondary N) is 3. The number of hydrogen-bond acceptors (Lipinski definition) is 29. The van der Waals surface area contributed by atoms with Gasteiger partial charge >= 0.3 is 22.2 Å². The molecule has 646 valence electrons. The number of hydrogen-bond donors (Lipinski definition) is 7. The zero-order valence-corrected chi connectivity index (χ0v) is 66.8. The van der Waals surface area contributed by atoms with E-state index in [0.717, 1.165) is 26.2 Å². The van der Waals surface area contributed by atoms with Gasteiger partial charge in [0.25, 0.3) is 11.8 Å². The first kappa shape index (κ1) is 94.3. The lowest BCUT2D eigenvalue weighted by atomic mass is 10.1. The zero-order chi connectivity index (χ0) is 84.7. The molecule has 10 N–H and O–H groups in total. The topological polar surface area (TPSA) is 472 Å². The van der Waals surface area contributed by atoms with Crippen LogP contribution in [0, 0.1) is 30.2 Å². The fourth-order valence-electron chi connectivity index (χ4n) is 11.4. The number of halogens is 4. The van der Waals surface area contributed by atoms with Crippen molar-refractivity contribution in [2.45, 2.75) is 65.1 Å². The molecule has 3 aromatic carbocycles. The second kappa shape index (κ2) is 50.0. The van der Waals surface area contributed by atoms with E-state index in [1.165, 1.54) is 31.4 Å². The lowest BCUT2D eigenvalue weighted by Crippen LogP contribution is -2.48. The van der Waals surface area contributed by atoms with E-state index in [4.69, 9.17) is 93.3 Å². The molecule has 0 aliphatic carbocycles. The van der Waals surface area contributed by atoms with E-state index in [2.05, 4.69) is 40.6 Å². The first-order valence-electron chi connectivity index (χ1n) is 37.7. The Balaban J connectivity index is 0.691. The number of aryl methyl sites for hydroxylation is 2. The number of amides is 5. The van der Waals surface area contributed by atoms with Crippen LogP contribution in [0.3, 0.4) is 0 Å². The molecule has 0 atom stereocenters. The normalized spacial score (nSPS) is 13.1. The Morgan fingerprint density at radius 3 is 1.48 bits per heavy atom. The summed E-state index contributed by atoms with van der Waals surface area (Å²) < 4.78 is 168. The molecule has 5 amide bonds. The highest BCUT2D eigenvalue weighted by Gasteiger charge is 2.34. The van der Waals surface area contributed by atoms with Gasteiger partial charge < -0.3 is 103 Å². The van der Waals surface area contributed by atoms with Crippen LogP contribution in [0.25, 0.3) is 22.1 Å². The molecule has 7 rings (SSSR count). The van der Waals surface area contributed by atoms with Crippen LogP contribution in [0.2, 0.25) is 0 Å². The SMILES string of the molecule is CCN=C(C=C(C)N)C(=O)Nc1nc2cc(C(N)=O)cc(OCCCN3CCN(CCNC(=O)OCCOCCOCCOCCOCCOCCOCCOCCOCCOCCOCCC(=O)Oc4c(F)c(F)c(S(=O)(=O)O)c(F)c4F)CC3)c2n1C/C=C/Cn1c(NC(=O)c2cc(C)nn2CC)nc2cc(C(N)=O)cc(OC)c21. The Bertz CT molecular complexity index is 4430. The van der Waals surface area contributed by atoms with E-state index < -0.39 is 86.1 Å². The zero-order valence-electron chi connectivity index (χ0n) is 66.0. The lowest BCUT2D eigenvalue weighted by molar-refractivity contribution is -0.136.